The molecule has 21 heavy (non-hydrogen) atoms. The minimum atomic E-state index is 0.530. The van der Waals surface area contributed by atoms with Gasteiger partial charge in [0.05, 0.1) is 14.2 Å². The van der Waals surface area contributed by atoms with Gasteiger partial charge in [0, 0.05) is 17.1 Å². The summed E-state index contributed by atoms with van der Waals surface area (Å²) in [6.07, 6.45) is 0. The average molecular weight is 308 g/mol. The number of methoxy groups -OCH3 is 2. The predicted molar refractivity (Wildman–Crippen MR) is 83.8 cm³/mol. The number of hydrogen-bond donors (Lipinski definition) is 1. The van der Waals surface area contributed by atoms with Gasteiger partial charge in [-0.05, 0) is 31.3 Å². The number of halogens is 1. The molecule has 2 aromatic carbocycles. The summed E-state index contributed by atoms with van der Waals surface area (Å²) in [6, 6.07) is 11.0. The van der Waals surface area contributed by atoms with E-state index in [1.54, 1.807) is 20.3 Å². The van der Waals surface area contributed by atoms with Gasteiger partial charge in [0.15, 0.2) is 11.5 Å². The first-order chi connectivity index (χ1) is 10.2. The van der Waals surface area contributed by atoms with Crippen molar-refractivity contribution in [3.8, 4) is 23.0 Å². The second-order valence-electron chi connectivity index (χ2n) is 4.38. The molecule has 1 N–H and O–H groups in total. The Kier molecular flexibility index (Phi) is 5.31. The molecule has 4 nitrogen and oxygen atoms in total. The van der Waals surface area contributed by atoms with E-state index < -0.39 is 0 Å². The molecule has 0 unspecified atom stereocenters. The normalized spacial score (nSPS) is 10.3. The van der Waals surface area contributed by atoms with Crippen molar-refractivity contribution in [3.05, 3.63) is 47.0 Å². The molecule has 2 aromatic rings. The summed E-state index contributed by atoms with van der Waals surface area (Å²) in [6.45, 7) is 0.671. The number of hydrogen-bond acceptors (Lipinski definition) is 4. The first-order valence-corrected chi connectivity index (χ1v) is 6.89. The van der Waals surface area contributed by atoms with E-state index in [0.717, 1.165) is 5.56 Å². The van der Waals surface area contributed by atoms with E-state index in [2.05, 4.69) is 5.32 Å². The van der Waals surface area contributed by atoms with Crippen molar-refractivity contribution in [2.75, 3.05) is 21.3 Å². The molecule has 0 amide bonds. The summed E-state index contributed by atoms with van der Waals surface area (Å²) in [5.74, 6) is 2.40. The van der Waals surface area contributed by atoms with Crippen LogP contribution in [0.2, 0.25) is 5.02 Å². The van der Waals surface area contributed by atoms with E-state index in [-0.39, 0.29) is 0 Å². The minimum absolute atomic E-state index is 0.530. The molecule has 112 valence electrons. The zero-order valence-corrected chi connectivity index (χ0v) is 13.0. The van der Waals surface area contributed by atoms with Gasteiger partial charge >= 0.3 is 0 Å². The van der Waals surface area contributed by atoms with Gasteiger partial charge in [0.1, 0.15) is 5.75 Å². The van der Waals surface area contributed by atoms with E-state index >= 15 is 0 Å². The Bertz CT molecular complexity index is 594. The Morgan fingerprint density at radius 3 is 2.24 bits per heavy atom. The third-order valence-electron chi connectivity index (χ3n) is 2.99. The average Bonchev–Trinajstić information content (AvgIpc) is 2.50. The van der Waals surface area contributed by atoms with Gasteiger partial charge in [-0.2, -0.15) is 0 Å². The minimum Gasteiger partial charge on any atom is -0.493 e. The lowest BCUT2D eigenvalue weighted by Crippen LogP contribution is -2.06. The summed E-state index contributed by atoms with van der Waals surface area (Å²) in [5.41, 5.74) is 0.995. The fourth-order valence-electron chi connectivity index (χ4n) is 1.99. The van der Waals surface area contributed by atoms with Crippen LogP contribution in [0.4, 0.5) is 0 Å². The molecule has 0 saturated carbocycles. The van der Waals surface area contributed by atoms with Crippen LogP contribution in [0, 0.1) is 0 Å². The van der Waals surface area contributed by atoms with E-state index in [9.17, 15) is 0 Å². The molecule has 0 aliphatic heterocycles. The molecule has 0 aliphatic carbocycles. The molecule has 0 fully saturated rings. The molecule has 0 heterocycles. The quantitative estimate of drug-likeness (QED) is 0.879. The van der Waals surface area contributed by atoms with Gasteiger partial charge in [0.2, 0.25) is 5.75 Å². The van der Waals surface area contributed by atoms with E-state index in [1.807, 2.05) is 37.4 Å². The van der Waals surface area contributed by atoms with Crippen LogP contribution in [0.1, 0.15) is 5.56 Å². The van der Waals surface area contributed by atoms with Crippen molar-refractivity contribution in [1.29, 1.82) is 0 Å². The van der Waals surface area contributed by atoms with Crippen LogP contribution in [0.25, 0.3) is 0 Å². The molecular weight excluding hydrogens is 290 g/mol. The highest BCUT2D eigenvalue weighted by atomic mass is 35.5. The standard InChI is InChI=1S/C16H18ClNO3/c1-18-10-11-7-8-12(17)9-15(11)21-16-13(19-2)5-4-6-14(16)20-3/h4-9,18H,10H2,1-3H3. The van der Waals surface area contributed by atoms with Gasteiger partial charge in [-0.25, -0.2) is 0 Å². The van der Waals surface area contributed by atoms with Gasteiger partial charge < -0.3 is 19.5 Å². The maximum atomic E-state index is 6.07. The maximum absolute atomic E-state index is 6.07. The lowest BCUT2D eigenvalue weighted by molar-refractivity contribution is 0.345. The lowest BCUT2D eigenvalue weighted by atomic mass is 10.2. The van der Waals surface area contributed by atoms with Crippen molar-refractivity contribution < 1.29 is 14.2 Å². The van der Waals surface area contributed by atoms with Crippen molar-refractivity contribution in [3.63, 3.8) is 0 Å². The third kappa shape index (κ3) is 3.60. The maximum Gasteiger partial charge on any atom is 0.211 e. The largest absolute Gasteiger partial charge is 0.493 e. The summed E-state index contributed by atoms with van der Waals surface area (Å²) >= 11 is 6.07. The molecule has 0 bridgehead atoms. The SMILES string of the molecule is CNCc1ccc(Cl)cc1Oc1c(OC)cccc1OC. The monoisotopic (exact) mass is 307 g/mol. The summed E-state index contributed by atoms with van der Waals surface area (Å²) in [7, 11) is 5.06. The second-order valence-corrected chi connectivity index (χ2v) is 4.81. The number of benzene rings is 2. The molecule has 0 aromatic heterocycles. The Morgan fingerprint density at radius 1 is 1.00 bits per heavy atom. The van der Waals surface area contributed by atoms with Crippen LogP contribution in [0.15, 0.2) is 36.4 Å². The molecular formula is C16H18ClNO3. The van der Waals surface area contributed by atoms with Crippen LogP contribution in [-0.2, 0) is 6.54 Å². The molecule has 0 saturated heterocycles. The first kappa shape index (κ1) is 15.5. The number of nitrogens with one attached hydrogen (secondary N) is 1. The lowest BCUT2D eigenvalue weighted by Gasteiger charge is -2.16. The Hall–Kier alpha value is -1.91. The molecule has 0 spiro atoms. The highest BCUT2D eigenvalue weighted by molar-refractivity contribution is 6.30. The summed E-state index contributed by atoms with van der Waals surface area (Å²) in [4.78, 5) is 0. The highest BCUT2D eigenvalue weighted by Gasteiger charge is 2.14. The van der Waals surface area contributed by atoms with Crippen LogP contribution in [0.3, 0.4) is 0 Å². The summed E-state index contributed by atoms with van der Waals surface area (Å²) in [5, 5.41) is 3.71. The fraction of sp³-hybridized carbons (Fsp3) is 0.250. The smallest absolute Gasteiger partial charge is 0.211 e. The van der Waals surface area contributed by atoms with E-state index in [4.69, 9.17) is 25.8 Å². The van der Waals surface area contributed by atoms with Crippen molar-refractivity contribution in [1.82, 2.24) is 5.32 Å². The van der Waals surface area contributed by atoms with Gasteiger partial charge in [-0.1, -0.05) is 23.7 Å². The zero-order valence-electron chi connectivity index (χ0n) is 12.3. The zero-order chi connectivity index (χ0) is 15.2. The van der Waals surface area contributed by atoms with Crippen molar-refractivity contribution in [2.45, 2.75) is 6.54 Å². The van der Waals surface area contributed by atoms with E-state index in [1.165, 1.54) is 0 Å². The van der Waals surface area contributed by atoms with Gasteiger partial charge in [-0.3, -0.25) is 0 Å². The van der Waals surface area contributed by atoms with Crippen LogP contribution in [-0.4, -0.2) is 21.3 Å². The van der Waals surface area contributed by atoms with Crippen LogP contribution in [0.5, 0.6) is 23.0 Å². The molecule has 0 atom stereocenters. The number of rotatable bonds is 6. The van der Waals surface area contributed by atoms with Crippen LogP contribution < -0.4 is 19.5 Å². The molecule has 2 rings (SSSR count). The molecule has 0 radical (unpaired) electrons. The molecule has 0 aliphatic rings. The number of ether oxygens (including phenoxy) is 3. The van der Waals surface area contributed by atoms with E-state index in [0.29, 0.717) is 34.6 Å². The molecule has 5 heteroatoms. The van der Waals surface area contributed by atoms with Gasteiger partial charge in [0.25, 0.3) is 0 Å². The first-order valence-electron chi connectivity index (χ1n) is 6.51. The van der Waals surface area contributed by atoms with Crippen LogP contribution >= 0.6 is 11.6 Å². The Morgan fingerprint density at radius 2 is 1.67 bits per heavy atom. The fourth-order valence-corrected chi connectivity index (χ4v) is 2.15. The topological polar surface area (TPSA) is 39.7 Å². The Balaban J connectivity index is 2.44. The predicted octanol–water partition coefficient (Wildman–Crippen LogP) is 3.87. The number of para-hydroxylation sites is 1. The Labute approximate surface area is 129 Å². The van der Waals surface area contributed by atoms with Crippen molar-refractivity contribution >= 4 is 11.6 Å². The summed E-state index contributed by atoms with van der Waals surface area (Å²) < 4.78 is 16.7. The van der Waals surface area contributed by atoms with Crippen molar-refractivity contribution in [2.24, 2.45) is 0 Å². The second kappa shape index (κ2) is 7.20. The van der Waals surface area contributed by atoms with Gasteiger partial charge in [-0.15, -0.1) is 0 Å². The third-order valence-corrected chi connectivity index (χ3v) is 3.23. The highest BCUT2D eigenvalue weighted by Crippen LogP contribution is 2.41.